The molecule has 0 bridgehead atoms. The Balaban J connectivity index is 1.49. The molecule has 0 N–H and O–H groups in total. The number of nitrogens with zero attached hydrogens (tertiary/aromatic N) is 4. The van der Waals surface area contributed by atoms with Crippen LogP contribution in [0.1, 0.15) is 5.82 Å². The molecule has 0 atom stereocenters. The quantitative estimate of drug-likeness (QED) is 0.171. The lowest BCUT2D eigenvalue weighted by molar-refractivity contribution is 0.426. The van der Waals surface area contributed by atoms with E-state index in [0.717, 1.165) is 20.1 Å². The molecule has 6 nitrogen and oxygen atoms in total. The van der Waals surface area contributed by atoms with Gasteiger partial charge in [-0.05, 0) is 22.9 Å². The largest absolute Gasteiger partial charge is 0.333 e. The maximum absolute atomic E-state index is 13.3. The summed E-state index contributed by atoms with van der Waals surface area (Å²) in [6.45, 7) is 4.18. The fourth-order valence-electron chi connectivity index (χ4n) is 2.96. The smallest absolute Gasteiger partial charge is 0.268 e. The van der Waals surface area contributed by atoms with Gasteiger partial charge < -0.3 is 4.52 Å². The van der Waals surface area contributed by atoms with Crippen LogP contribution in [0, 0.1) is 0 Å². The number of thioether (sulfide) groups is 1. The van der Waals surface area contributed by atoms with Gasteiger partial charge in [0, 0.05) is 22.4 Å². The summed E-state index contributed by atoms with van der Waals surface area (Å²) in [6, 6.07) is 7.89. The molecule has 0 saturated carbocycles. The Labute approximate surface area is 187 Å². The zero-order chi connectivity index (χ0) is 20.5. The molecule has 0 unspecified atom stereocenters. The van der Waals surface area contributed by atoms with Gasteiger partial charge >= 0.3 is 0 Å². The van der Waals surface area contributed by atoms with Crippen molar-refractivity contribution >= 4 is 56.0 Å². The lowest BCUT2D eigenvalue weighted by atomic mass is 10.2. The first-order valence-corrected chi connectivity index (χ1v) is 12.5. The van der Waals surface area contributed by atoms with Crippen LogP contribution >= 0.6 is 45.8 Å². The van der Waals surface area contributed by atoms with E-state index in [9.17, 15) is 4.79 Å². The third-order valence-electron chi connectivity index (χ3n) is 4.29. The Hall–Kier alpha value is -2.53. The topological polar surface area (TPSA) is 73.8 Å². The van der Waals surface area contributed by atoms with E-state index in [2.05, 4.69) is 16.7 Å². The van der Waals surface area contributed by atoms with Crippen molar-refractivity contribution in [2.45, 2.75) is 17.5 Å². The predicted octanol–water partition coefficient (Wildman–Crippen LogP) is 5.78. The summed E-state index contributed by atoms with van der Waals surface area (Å²) in [6.07, 6.45) is 1.71. The Morgan fingerprint density at radius 3 is 2.67 bits per heavy atom. The molecule has 0 aliphatic carbocycles. The molecule has 0 saturated heterocycles. The minimum Gasteiger partial charge on any atom is -0.333 e. The standard InChI is InChI=1S/C20H14N4O2S4/c1-2-7-24-19(25)16-12(13-5-3-8-27-13)10-29-18(16)22-20(24)30-11-15-21-17(26-23-15)14-6-4-9-28-14/h2-6,8-10H,1,7,11H2. The highest BCUT2D eigenvalue weighted by molar-refractivity contribution is 7.98. The fourth-order valence-corrected chi connectivity index (χ4v) is 6.26. The zero-order valence-electron chi connectivity index (χ0n) is 15.5. The van der Waals surface area contributed by atoms with E-state index >= 15 is 0 Å². The summed E-state index contributed by atoms with van der Waals surface area (Å²) >= 11 is 6.07. The van der Waals surface area contributed by atoms with Crippen LogP contribution in [-0.4, -0.2) is 19.7 Å². The molecular weight excluding hydrogens is 457 g/mol. The molecule has 150 valence electrons. The van der Waals surface area contributed by atoms with Crippen molar-refractivity contribution in [1.82, 2.24) is 19.7 Å². The number of rotatable bonds is 7. The Bertz CT molecular complexity index is 1360. The second-order valence-electron chi connectivity index (χ2n) is 6.19. The monoisotopic (exact) mass is 470 g/mol. The van der Waals surface area contributed by atoms with Crippen LogP contribution in [0.3, 0.4) is 0 Å². The number of fused-ring (bicyclic) bond motifs is 1. The highest BCUT2D eigenvalue weighted by Crippen LogP contribution is 2.35. The molecular formula is C20H14N4O2S4. The number of thiophene rings is 3. The van der Waals surface area contributed by atoms with E-state index in [1.165, 1.54) is 23.1 Å². The third kappa shape index (κ3) is 3.56. The first-order valence-electron chi connectivity index (χ1n) is 8.90. The first kappa shape index (κ1) is 19.4. The minimum absolute atomic E-state index is 0.0561. The first-order chi connectivity index (χ1) is 14.7. The fraction of sp³-hybridized carbons (Fsp3) is 0.100. The Kier molecular flexibility index (Phi) is 5.38. The van der Waals surface area contributed by atoms with Crippen molar-refractivity contribution in [3.63, 3.8) is 0 Å². The summed E-state index contributed by atoms with van der Waals surface area (Å²) in [4.78, 5) is 25.3. The van der Waals surface area contributed by atoms with Crippen molar-refractivity contribution in [1.29, 1.82) is 0 Å². The van der Waals surface area contributed by atoms with Crippen molar-refractivity contribution in [3.8, 4) is 21.2 Å². The molecule has 5 heterocycles. The van der Waals surface area contributed by atoms with Crippen LogP contribution in [0.2, 0.25) is 0 Å². The van der Waals surface area contributed by atoms with Gasteiger partial charge in [0.2, 0.25) is 0 Å². The normalized spacial score (nSPS) is 11.3. The van der Waals surface area contributed by atoms with Gasteiger partial charge in [-0.2, -0.15) is 4.98 Å². The van der Waals surface area contributed by atoms with Gasteiger partial charge in [-0.1, -0.05) is 35.1 Å². The van der Waals surface area contributed by atoms with Crippen LogP contribution in [0.15, 0.2) is 67.5 Å². The van der Waals surface area contributed by atoms with Crippen molar-refractivity contribution in [3.05, 3.63) is 69.2 Å². The Morgan fingerprint density at radius 2 is 1.93 bits per heavy atom. The van der Waals surface area contributed by atoms with Crippen molar-refractivity contribution in [2.24, 2.45) is 0 Å². The van der Waals surface area contributed by atoms with Gasteiger partial charge in [0.1, 0.15) is 4.83 Å². The lowest BCUT2D eigenvalue weighted by Crippen LogP contribution is -2.22. The second kappa shape index (κ2) is 8.31. The molecule has 5 aromatic rings. The second-order valence-corrected chi connectivity index (χ2v) is 9.88. The average molecular weight is 471 g/mol. The number of aromatic nitrogens is 4. The van der Waals surface area contributed by atoms with E-state index < -0.39 is 0 Å². The summed E-state index contributed by atoms with van der Waals surface area (Å²) in [5, 5.41) is 11.3. The molecule has 0 radical (unpaired) electrons. The molecule has 0 amide bonds. The van der Waals surface area contributed by atoms with Gasteiger partial charge in [-0.3, -0.25) is 9.36 Å². The number of hydrogen-bond acceptors (Lipinski definition) is 9. The minimum atomic E-state index is -0.0561. The highest BCUT2D eigenvalue weighted by Gasteiger charge is 2.18. The van der Waals surface area contributed by atoms with E-state index in [1.54, 1.807) is 33.3 Å². The molecule has 5 aromatic heterocycles. The molecule has 30 heavy (non-hydrogen) atoms. The average Bonchev–Trinajstić information content (AvgIpc) is 3.55. The Morgan fingerprint density at radius 1 is 1.13 bits per heavy atom. The predicted molar refractivity (Wildman–Crippen MR) is 125 cm³/mol. The van der Waals surface area contributed by atoms with Crippen LogP contribution in [0.25, 0.3) is 31.4 Å². The summed E-state index contributed by atoms with van der Waals surface area (Å²) in [5.41, 5.74) is 0.884. The van der Waals surface area contributed by atoms with Gasteiger partial charge in [0.25, 0.3) is 11.4 Å². The molecule has 0 aliphatic rings. The van der Waals surface area contributed by atoms with Crippen LogP contribution in [0.5, 0.6) is 0 Å². The third-order valence-corrected chi connectivity index (χ3v) is 7.89. The molecule has 5 rings (SSSR count). The van der Waals surface area contributed by atoms with Crippen molar-refractivity contribution < 1.29 is 4.52 Å². The molecule has 0 aliphatic heterocycles. The summed E-state index contributed by atoms with van der Waals surface area (Å²) in [7, 11) is 0. The van der Waals surface area contributed by atoms with Gasteiger partial charge in [-0.25, -0.2) is 4.98 Å². The van der Waals surface area contributed by atoms with E-state index in [1.807, 2.05) is 40.4 Å². The lowest BCUT2D eigenvalue weighted by Gasteiger charge is -2.09. The van der Waals surface area contributed by atoms with Crippen molar-refractivity contribution in [2.75, 3.05) is 0 Å². The molecule has 0 fully saturated rings. The number of allylic oxidation sites excluding steroid dienone is 1. The highest BCUT2D eigenvalue weighted by atomic mass is 32.2. The zero-order valence-corrected chi connectivity index (χ0v) is 18.7. The van der Waals surface area contributed by atoms with Crippen LogP contribution in [-0.2, 0) is 12.3 Å². The van der Waals surface area contributed by atoms with E-state index in [0.29, 0.717) is 34.6 Å². The summed E-state index contributed by atoms with van der Waals surface area (Å²) < 4.78 is 7.00. The van der Waals surface area contributed by atoms with Gasteiger partial charge in [-0.15, -0.1) is 40.6 Å². The maximum Gasteiger partial charge on any atom is 0.268 e. The SMILES string of the molecule is C=CCn1c(SCc2noc(-c3cccs3)n2)nc2scc(-c3cccs3)c2c1=O. The molecule has 10 heteroatoms. The van der Waals surface area contributed by atoms with Gasteiger partial charge in [0.15, 0.2) is 11.0 Å². The van der Waals surface area contributed by atoms with Crippen LogP contribution in [0.4, 0.5) is 0 Å². The number of hydrogen-bond donors (Lipinski definition) is 0. The van der Waals surface area contributed by atoms with E-state index in [-0.39, 0.29) is 5.56 Å². The maximum atomic E-state index is 13.3. The van der Waals surface area contributed by atoms with E-state index in [4.69, 9.17) is 9.51 Å². The summed E-state index contributed by atoms with van der Waals surface area (Å²) in [5.74, 6) is 1.52. The molecule has 0 spiro atoms. The van der Waals surface area contributed by atoms with Gasteiger partial charge in [0.05, 0.1) is 16.0 Å². The van der Waals surface area contributed by atoms with Crippen LogP contribution < -0.4 is 5.56 Å². The molecule has 0 aromatic carbocycles.